The monoisotopic (exact) mass is 675 g/mol. The molecular weight excluding hydrogens is 641 g/mol. The molecule has 4 rings (SSSR count). The Balaban J connectivity index is 0.000000396. The Morgan fingerprint density at radius 3 is 1.62 bits per heavy atom. The maximum Gasteiger partial charge on any atom is 0.490 e. The lowest BCUT2D eigenvalue weighted by molar-refractivity contribution is -0.193. The summed E-state index contributed by atoms with van der Waals surface area (Å²) >= 11 is 0. The smallest absolute Gasteiger partial charge is 0.475 e. The van der Waals surface area contributed by atoms with E-state index in [9.17, 15) is 39.5 Å². The Kier molecular flexibility index (Phi) is 14.6. The van der Waals surface area contributed by atoms with Crippen LogP contribution in [-0.4, -0.2) is 132 Å². The van der Waals surface area contributed by atoms with Crippen LogP contribution in [0.1, 0.15) is 17.1 Å². The predicted molar refractivity (Wildman–Crippen MR) is 135 cm³/mol. The fourth-order valence-electron chi connectivity index (χ4n) is 4.67. The highest BCUT2D eigenvalue weighted by Gasteiger charge is 2.44. The van der Waals surface area contributed by atoms with Gasteiger partial charge in [-0.3, -0.25) is 9.80 Å². The molecule has 0 saturated carbocycles. The number of likely N-dealkylation sites (tertiary alicyclic amines) is 1. The second kappa shape index (κ2) is 16.5. The van der Waals surface area contributed by atoms with Gasteiger partial charge in [0.25, 0.3) is 0 Å². The maximum absolute atomic E-state index is 10.6. The molecule has 3 atom stereocenters. The second-order valence-electron chi connectivity index (χ2n) is 10.4. The zero-order chi connectivity index (χ0) is 34.9. The van der Waals surface area contributed by atoms with Crippen LogP contribution in [0.25, 0.3) is 0 Å². The molecule has 1 aromatic rings. The van der Waals surface area contributed by atoms with Gasteiger partial charge in [0.1, 0.15) is 11.5 Å². The number of nitrogens with zero attached hydrogens (tertiary/aromatic N) is 3. The Bertz CT molecular complexity index is 1040. The van der Waals surface area contributed by atoms with Crippen molar-refractivity contribution in [3.8, 4) is 0 Å². The fourth-order valence-corrected chi connectivity index (χ4v) is 4.67. The molecule has 20 heteroatoms. The maximum atomic E-state index is 10.6. The number of furan rings is 1. The number of rotatable bonds is 3. The quantitative estimate of drug-likeness (QED) is 0.405. The molecule has 0 radical (unpaired) electrons. The molecule has 4 heterocycles. The Hall–Kier alpha value is -3.10. The fraction of sp³-hybridized carbons (Fsp3) is 0.720. The number of carboxylic acid groups (broad SMARTS) is 3. The molecule has 11 nitrogen and oxygen atoms in total. The van der Waals surface area contributed by atoms with Crippen molar-refractivity contribution >= 4 is 17.9 Å². The van der Waals surface area contributed by atoms with Crippen molar-refractivity contribution < 1.29 is 78.4 Å². The van der Waals surface area contributed by atoms with E-state index in [0.29, 0.717) is 12.0 Å². The normalized spacial score (nSPS) is 22.9. The highest BCUT2D eigenvalue weighted by atomic mass is 19.4. The number of piperazine rings is 1. The van der Waals surface area contributed by atoms with E-state index >= 15 is 0 Å². The molecule has 3 aliphatic heterocycles. The number of fused-ring (bicyclic) bond motifs is 1. The van der Waals surface area contributed by atoms with E-state index in [1.807, 2.05) is 0 Å². The number of hydrogen-bond acceptors (Lipinski definition) is 8. The van der Waals surface area contributed by atoms with E-state index < -0.39 is 36.4 Å². The van der Waals surface area contributed by atoms with Crippen LogP contribution in [0.4, 0.5) is 39.5 Å². The zero-order valence-electron chi connectivity index (χ0n) is 24.3. The van der Waals surface area contributed by atoms with Crippen molar-refractivity contribution in [1.29, 1.82) is 0 Å². The average molecular weight is 676 g/mol. The standard InChI is InChI=1S/C19H31N3O2.3C2HF3O2/c1-14-8-17(24-15(14)2)10-21-9-16-12-23-13-19(18(16)11-21)22-6-4-20(3)5-7-22;3*3-2(4,5)1(6)7/h8,16,18-19H,4-7,9-13H2,1-3H3;3*(H,6,7)/t16-,18-,19+;;;/m0.../s1. The number of hydrogen-bond donors (Lipinski definition) is 3. The molecule has 260 valence electrons. The van der Waals surface area contributed by atoms with Gasteiger partial charge in [0, 0.05) is 51.2 Å². The molecule has 0 spiro atoms. The number of halogens is 9. The summed E-state index contributed by atoms with van der Waals surface area (Å²) in [5, 5.41) is 21.4. The van der Waals surface area contributed by atoms with Crippen LogP contribution in [0.2, 0.25) is 0 Å². The zero-order valence-corrected chi connectivity index (χ0v) is 24.3. The lowest BCUT2D eigenvalue weighted by atomic mass is 9.86. The number of ether oxygens (including phenoxy) is 1. The number of aliphatic carboxylic acids is 3. The van der Waals surface area contributed by atoms with E-state index in [2.05, 4.69) is 41.7 Å². The highest BCUT2D eigenvalue weighted by Crippen LogP contribution is 2.34. The number of carboxylic acids is 3. The van der Waals surface area contributed by atoms with Gasteiger partial charge in [-0.15, -0.1) is 0 Å². The molecule has 0 aliphatic carbocycles. The minimum absolute atomic E-state index is 0.600. The lowest BCUT2D eigenvalue weighted by Crippen LogP contribution is -2.56. The van der Waals surface area contributed by atoms with Crippen LogP contribution in [0.5, 0.6) is 0 Å². The predicted octanol–water partition coefficient (Wildman–Crippen LogP) is 3.49. The summed E-state index contributed by atoms with van der Waals surface area (Å²) in [5.41, 5.74) is 1.26. The summed E-state index contributed by atoms with van der Waals surface area (Å²) in [6, 6.07) is 2.80. The van der Waals surface area contributed by atoms with Gasteiger partial charge >= 0.3 is 36.4 Å². The molecule has 1 aromatic heterocycles. The first-order chi connectivity index (χ1) is 20.4. The lowest BCUT2D eigenvalue weighted by Gasteiger charge is -2.44. The van der Waals surface area contributed by atoms with Crippen molar-refractivity contribution in [2.45, 2.75) is 45.0 Å². The first kappa shape index (κ1) is 39.9. The van der Waals surface area contributed by atoms with E-state index in [1.54, 1.807) is 0 Å². The van der Waals surface area contributed by atoms with Crippen LogP contribution in [-0.2, 0) is 25.7 Å². The van der Waals surface area contributed by atoms with Gasteiger partial charge < -0.3 is 29.4 Å². The van der Waals surface area contributed by atoms with Gasteiger partial charge in [-0.05, 0) is 38.4 Å². The Morgan fingerprint density at radius 2 is 1.24 bits per heavy atom. The van der Waals surface area contributed by atoms with Gasteiger partial charge in [0.2, 0.25) is 0 Å². The van der Waals surface area contributed by atoms with Gasteiger partial charge in [-0.2, -0.15) is 39.5 Å². The summed E-state index contributed by atoms with van der Waals surface area (Å²) in [4.78, 5) is 34.4. The minimum Gasteiger partial charge on any atom is -0.475 e. The second-order valence-corrected chi connectivity index (χ2v) is 10.4. The molecular formula is C25H34F9N3O8. The summed E-state index contributed by atoms with van der Waals surface area (Å²) in [6.45, 7) is 14.0. The molecule has 3 fully saturated rings. The van der Waals surface area contributed by atoms with Gasteiger partial charge in [0.15, 0.2) is 0 Å². The van der Waals surface area contributed by atoms with Crippen molar-refractivity contribution in [3.63, 3.8) is 0 Å². The van der Waals surface area contributed by atoms with Crippen LogP contribution in [0.15, 0.2) is 10.5 Å². The van der Waals surface area contributed by atoms with Crippen molar-refractivity contribution in [2.75, 3.05) is 59.5 Å². The van der Waals surface area contributed by atoms with Crippen LogP contribution >= 0.6 is 0 Å². The van der Waals surface area contributed by atoms with Crippen molar-refractivity contribution in [1.82, 2.24) is 14.7 Å². The molecule has 0 bridgehead atoms. The first-order valence-electron chi connectivity index (χ1n) is 13.1. The third-order valence-electron chi connectivity index (χ3n) is 7.01. The molecule has 3 N–H and O–H groups in total. The topological polar surface area (TPSA) is 144 Å². The number of aryl methyl sites for hydroxylation is 2. The van der Waals surface area contributed by atoms with E-state index in [1.165, 1.54) is 38.3 Å². The van der Waals surface area contributed by atoms with E-state index in [0.717, 1.165) is 43.7 Å². The van der Waals surface area contributed by atoms with E-state index in [-0.39, 0.29) is 0 Å². The molecule has 0 aromatic carbocycles. The van der Waals surface area contributed by atoms with Crippen molar-refractivity contribution in [2.24, 2.45) is 11.8 Å². The van der Waals surface area contributed by atoms with Crippen LogP contribution in [0, 0.1) is 25.7 Å². The molecule has 3 saturated heterocycles. The Morgan fingerprint density at radius 1 is 0.800 bits per heavy atom. The largest absolute Gasteiger partial charge is 0.490 e. The molecule has 0 unspecified atom stereocenters. The van der Waals surface area contributed by atoms with Gasteiger partial charge in [-0.1, -0.05) is 0 Å². The minimum atomic E-state index is -5.08. The summed E-state index contributed by atoms with van der Waals surface area (Å²) in [6.07, 6.45) is -15.3. The van der Waals surface area contributed by atoms with Gasteiger partial charge in [-0.25, -0.2) is 14.4 Å². The first-order valence-corrected chi connectivity index (χ1v) is 13.1. The average Bonchev–Trinajstić information content (AvgIpc) is 3.45. The third kappa shape index (κ3) is 13.8. The Labute approximate surface area is 251 Å². The van der Waals surface area contributed by atoms with E-state index in [4.69, 9.17) is 38.9 Å². The van der Waals surface area contributed by atoms with Crippen LogP contribution < -0.4 is 0 Å². The molecule has 0 amide bonds. The third-order valence-corrected chi connectivity index (χ3v) is 7.01. The highest BCUT2D eigenvalue weighted by molar-refractivity contribution is 5.73. The molecule has 3 aliphatic rings. The van der Waals surface area contributed by atoms with Gasteiger partial charge in [0.05, 0.1) is 19.8 Å². The summed E-state index contributed by atoms with van der Waals surface area (Å²) in [5.74, 6) is -4.67. The van der Waals surface area contributed by atoms with Crippen LogP contribution in [0.3, 0.4) is 0 Å². The number of alkyl halides is 9. The summed E-state index contributed by atoms with van der Waals surface area (Å²) < 4.78 is 107. The number of carbonyl (C=O) groups is 3. The summed E-state index contributed by atoms with van der Waals surface area (Å²) in [7, 11) is 2.22. The molecule has 45 heavy (non-hydrogen) atoms. The number of likely N-dealkylation sites (N-methyl/N-ethyl adjacent to an activating group) is 1. The van der Waals surface area contributed by atoms with Crippen molar-refractivity contribution in [3.05, 3.63) is 23.2 Å². The SMILES string of the molecule is Cc1cc(CN2C[C@H]3COC[C@@H](N4CCN(C)CC4)[C@H]3C2)oc1C.O=C(O)C(F)(F)F.O=C(O)C(F)(F)F.O=C(O)C(F)(F)F.